The first-order valence-electron chi connectivity index (χ1n) is 5.82. The Morgan fingerprint density at radius 2 is 2.22 bits per heavy atom. The molecule has 0 saturated carbocycles. The van der Waals surface area contributed by atoms with E-state index in [0.29, 0.717) is 10.9 Å². The van der Waals surface area contributed by atoms with Gasteiger partial charge in [-0.1, -0.05) is 12.5 Å². The number of esters is 1. The van der Waals surface area contributed by atoms with E-state index in [4.69, 9.17) is 5.73 Å². The molecule has 1 aromatic rings. The van der Waals surface area contributed by atoms with Crippen molar-refractivity contribution in [1.82, 2.24) is 0 Å². The van der Waals surface area contributed by atoms with E-state index in [1.165, 1.54) is 13.2 Å². The highest BCUT2D eigenvalue weighted by Crippen LogP contribution is 2.23. The highest BCUT2D eigenvalue weighted by atomic mass is 79.9. The molecule has 0 aromatic heterocycles. The van der Waals surface area contributed by atoms with Gasteiger partial charge in [0.2, 0.25) is 0 Å². The number of unbranched alkanes of at least 4 members (excludes halogenated alkanes) is 1. The first-order valence-corrected chi connectivity index (χ1v) is 6.61. The molecule has 0 amide bonds. The Bertz CT molecular complexity index is 412. The Morgan fingerprint density at radius 3 is 2.83 bits per heavy atom. The number of ether oxygens (including phenoxy) is 1. The van der Waals surface area contributed by atoms with Crippen molar-refractivity contribution in [3.63, 3.8) is 0 Å². The number of halogens is 2. The van der Waals surface area contributed by atoms with Gasteiger partial charge in [-0.05, 0) is 46.5 Å². The van der Waals surface area contributed by atoms with Gasteiger partial charge >= 0.3 is 5.97 Å². The topological polar surface area (TPSA) is 52.3 Å². The van der Waals surface area contributed by atoms with Crippen LogP contribution in [0.15, 0.2) is 22.7 Å². The van der Waals surface area contributed by atoms with Gasteiger partial charge in [0.1, 0.15) is 5.82 Å². The van der Waals surface area contributed by atoms with Crippen LogP contribution in [0, 0.1) is 5.82 Å². The highest BCUT2D eigenvalue weighted by molar-refractivity contribution is 9.10. The molecule has 0 aliphatic carbocycles. The van der Waals surface area contributed by atoms with Crippen molar-refractivity contribution in [2.24, 2.45) is 5.73 Å². The molecule has 5 heteroatoms. The third-order valence-corrected chi connectivity index (χ3v) is 3.35. The normalized spacial score (nSPS) is 12.2. The largest absolute Gasteiger partial charge is 0.469 e. The Morgan fingerprint density at radius 1 is 1.50 bits per heavy atom. The maximum absolute atomic E-state index is 13.1. The van der Waals surface area contributed by atoms with Gasteiger partial charge in [-0.2, -0.15) is 0 Å². The zero-order valence-electron chi connectivity index (χ0n) is 10.3. The van der Waals surface area contributed by atoms with Gasteiger partial charge < -0.3 is 10.5 Å². The number of carbonyl (C=O) groups excluding carboxylic acids is 1. The van der Waals surface area contributed by atoms with E-state index in [9.17, 15) is 9.18 Å². The Balaban J connectivity index is 2.38. The van der Waals surface area contributed by atoms with Gasteiger partial charge in [-0.15, -0.1) is 0 Å². The van der Waals surface area contributed by atoms with Crippen molar-refractivity contribution in [2.75, 3.05) is 7.11 Å². The molecule has 0 aliphatic rings. The molecule has 0 fully saturated rings. The van der Waals surface area contributed by atoms with Gasteiger partial charge in [-0.25, -0.2) is 4.39 Å². The van der Waals surface area contributed by atoms with Crippen molar-refractivity contribution in [3.8, 4) is 0 Å². The summed E-state index contributed by atoms with van der Waals surface area (Å²) in [5, 5.41) is 0. The predicted octanol–water partition coefficient (Wildman–Crippen LogP) is 3.32. The fraction of sp³-hybridized carbons (Fsp3) is 0.462. The molecule has 1 atom stereocenters. The summed E-state index contributed by atoms with van der Waals surface area (Å²) in [4.78, 5) is 10.9. The molecule has 1 unspecified atom stereocenters. The summed E-state index contributed by atoms with van der Waals surface area (Å²) >= 11 is 3.13. The van der Waals surface area contributed by atoms with E-state index in [1.807, 2.05) is 0 Å². The summed E-state index contributed by atoms with van der Waals surface area (Å²) in [7, 11) is 1.38. The van der Waals surface area contributed by atoms with Crippen molar-refractivity contribution < 1.29 is 13.9 Å². The number of methoxy groups -OCH3 is 1. The second-order valence-corrected chi connectivity index (χ2v) is 4.96. The fourth-order valence-corrected chi connectivity index (χ4v) is 2.04. The summed E-state index contributed by atoms with van der Waals surface area (Å²) in [6, 6.07) is 4.64. The summed E-state index contributed by atoms with van der Waals surface area (Å²) in [5.41, 5.74) is 6.89. The number of carbonyl (C=O) groups is 1. The lowest BCUT2D eigenvalue weighted by Gasteiger charge is -2.12. The molecule has 0 radical (unpaired) electrons. The molecule has 2 N–H and O–H groups in total. The summed E-state index contributed by atoms with van der Waals surface area (Å²) < 4.78 is 18.0. The van der Waals surface area contributed by atoms with E-state index >= 15 is 0 Å². The average Bonchev–Trinajstić information content (AvgIpc) is 2.37. The van der Waals surface area contributed by atoms with E-state index in [-0.39, 0.29) is 17.8 Å². The van der Waals surface area contributed by atoms with Gasteiger partial charge in [0.25, 0.3) is 0 Å². The maximum Gasteiger partial charge on any atom is 0.305 e. The maximum atomic E-state index is 13.1. The second kappa shape index (κ2) is 7.48. The van der Waals surface area contributed by atoms with Gasteiger partial charge in [0.15, 0.2) is 0 Å². The van der Waals surface area contributed by atoms with Gasteiger partial charge in [0, 0.05) is 12.5 Å². The van der Waals surface area contributed by atoms with Crippen molar-refractivity contribution in [2.45, 2.75) is 31.7 Å². The molecule has 100 valence electrons. The lowest BCUT2D eigenvalue weighted by atomic mass is 10.0. The van der Waals surface area contributed by atoms with Crippen LogP contribution in [0.2, 0.25) is 0 Å². The quantitative estimate of drug-likeness (QED) is 0.647. The van der Waals surface area contributed by atoms with Gasteiger partial charge in [-0.3, -0.25) is 4.79 Å². The minimum Gasteiger partial charge on any atom is -0.469 e. The molecule has 1 aromatic carbocycles. The number of hydrogen-bond donors (Lipinski definition) is 1. The lowest BCUT2D eigenvalue weighted by molar-refractivity contribution is -0.140. The third kappa shape index (κ3) is 4.74. The molecule has 0 aliphatic heterocycles. The van der Waals surface area contributed by atoms with Crippen LogP contribution < -0.4 is 5.73 Å². The third-order valence-electron chi connectivity index (χ3n) is 2.75. The Kier molecular flexibility index (Phi) is 6.29. The SMILES string of the molecule is COC(=O)CCCCC(N)c1ccc(F)c(Br)c1. The zero-order chi connectivity index (χ0) is 13.5. The smallest absolute Gasteiger partial charge is 0.305 e. The molecule has 0 spiro atoms. The molecule has 1 rings (SSSR count). The second-order valence-electron chi connectivity index (χ2n) is 4.10. The standard InChI is InChI=1S/C13H17BrFNO2/c1-18-13(17)5-3-2-4-12(16)9-6-7-11(15)10(14)8-9/h6-8,12H,2-5,16H2,1H3. The fourth-order valence-electron chi connectivity index (χ4n) is 1.65. The van der Waals surface area contributed by atoms with Crippen LogP contribution in [0.3, 0.4) is 0 Å². The molecular formula is C13H17BrFNO2. The van der Waals surface area contributed by atoms with Crippen LogP contribution in [-0.4, -0.2) is 13.1 Å². The summed E-state index contributed by atoms with van der Waals surface area (Å²) in [5.74, 6) is -0.496. The zero-order valence-corrected chi connectivity index (χ0v) is 11.9. The Labute approximate surface area is 115 Å². The van der Waals surface area contributed by atoms with Crippen LogP contribution in [0.1, 0.15) is 37.3 Å². The lowest BCUT2D eigenvalue weighted by Crippen LogP contribution is -2.10. The highest BCUT2D eigenvalue weighted by Gasteiger charge is 2.09. The first kappa shape index (κ1) is 15.1. The molecule has 0 heterocycles. The summed E-state index contributed by atoms with van der Waals surface area (Å²) in [6.07, 6.45) is 2.76. The Hall–Kier alpha value is -0.940. The van der Waals surface area contributed by atoms with Crippen molar-refractivity contribution >= 4 is 21.9 Å². The van der Waals surface area contributed by atoms with E-state index in [2.05, 4.69) is 20.7 Å². The van der Waals surface area contributed by atoms with Crippen LogP contribution in [0.5, 0.6) is 0 Å². The molecule has 18 heavy (non-hydrogen) atoms. The molecule has 0 bridgehead atoms. The van der Waals surface area contributed by atoms with Crippen LogP contribution >= 0.6 is 15.9 Å². The number of rotatable bonds is 6. The van der Waals surface area contributed by atoms with Crippen LogP contribution in [0.4, 0.5) is 4.39 Å². The van der Waals surface area contributed by atoms with E-state index in [0.717, 1.165) is 24.8 Å². The van der Waals surface area contributed by atoms with Crippen molar-refractivity contribution in [3.05, 3.63) is 34.1 Å². The minimum atomic E-state index is -0.295. The molecular weight excluding hydrogens is 301 g/mol. The predicted molar refractivity (Wildman–Crippen MR) is 71.5 cm³/mol. The number of benzene rings is 1. The van der Waals surface area contributed by atoms with Gasteiger partial charge in [0.05, 0.1) is 11.6 Å². The number of nitrogens with two attached hydrogens (primary N) is 1. The monoisotopic (exact) mass is 317 g/mol. The number of hydrogen-bond acceptors (Lipinski definition) is 3. The molecule has 0 saturated heterocycles. The average molecular weight is 318 g/mol. The van der Waals surface area contributed by atoms with Crippen molar-refractivity contribution in [1.29, 1.82) is 0 Å². The first-order chi connectivity index (χ1) is 8.54. The summed E-state index contributed by atoms with van der Waals surface area (Å²) in [6.45, 7) is 0. The molecule has 3 nitrogen and oxygen atoms in total. The van der Waals surface area contributed by atoms with E-state index < -0.39 is 0 Å². The van der Waals surface area contributed by atoms with E-state index in [1.54, 1.807) is 12.1 Å². The van der Waals surface area contributed by atoms with Crippen LogP contribution in [0.25, 0.3) is 0 Å². The minimum absolute atomic E-state index is 0.139. The van der Waals surface area contributed by atoms with Crippen LogP contribution in [-0.2, 0) is 9.53 Å².